The first kappa shape index (κ1) is 43.3. The molecule has 0 fully saturated rings. The quantitative estimate of drug-likeness (QED) is 0.150. The Kier molecular flexibility index (Phi) is 9.67. The van der Waals surface area contributed by atoms with E-state index in [0.29, 0.717) is 0 Å². The normalized spacial score (nSPS) is 15.6. The predicted octanol–water partition coefficient (Wildman–Crippen LogP) is 18.7. The topological polar surface area (TPSA) is 6.48 Å². The molecule has 4 aliphatic rings. The van der Waals surface area contributed by atoms with Crippen molar-refractivity contribution < 1.29 is 0 Å². The van der Waals surface area contributed by atoms with Gasteiger partial charge in [-0.2, -0.15) is 0 Å². The van der Waals surface area contributed by atoms with Gasteiger partial charge in [0, 0.05) is 50.2 Å². The van der Waals surface area contributed by atoms with Crippen LogP contribution in [0.1, 0.15) is 85.0 Å². The summed E-state index contributed by atoms with van der Waals surface area (Å²) in [7, 11) is 0. The lowest BCUT2D eigenvalue weighted by Crippen LogP contribution is -2.29. The van der Waals surface area contributed by atoms with Crippen molar-refractivity contribution in [2.75, 3.05) is 9.80 Å². The van der Waals surface area contributed by atoms with Crippen LogP contribution in [0.2, 0.25) is 0 Å². The Balaban J connectivity index is 1.07. The monoisotopic (exact) mass is 936 g/mol. The zero-order valence-corrected chi connectivity index (χ0v) is 41.9. The van der Waals surface area contributed by atoms with Gasteiger partial charge >= 0.3 is 0 Å². The van der Waals surface area contributed by atoms with E-state index >= 15 is 0 Å². The fourth-order valence-corrected chi connectivity index (χ4v) is 13.5. The first-order valence-corrected chi connectivity index (χ1v) is 26.1. The van der Waals surface area contributed by atoms with Crippen molar-refractivity contribution in [3.8, 4) is 33.4 Å². The summed E-state index contributed by atoms with van der Waals surface area (Å²) in [6.07, 6.45) is 9.18. The van der Waals surface area contributed by atoms with Crippen LogP contribution in [0.15, 0.2) is 248 Å². The Labute approximate surface area is 429 Å². The molecule has 4 aliphatic carbocycles. The largest absolute Gasteiger partial charge is 0.310 e. The summed E-state index contributed by atoms with van der Waals surface area (Å²) in [6.45, 7) is 9.54. The van der Waals surface area contributed by atoms with Crippen molar-refractivity contribution in [1.29, 1.82) is 0 Å². The minimum absolute atomic E-state index is 0.147. The van der Waals surface area contributed by atoms with Crippen LogP contribution in [0.25, 0.3) is 44.2 Å². The molecule has 2 nitrogen and oxygen atoms in total. The molecule has 73 heavy (non-hydrogen) atoms. The lowest BCUT2D eigenvalue weighted by molar-refractivity contribution is 0.660. The highest BCUT2D eigenvalue weighted by atomic mass is 15.2. The third-order valence-electron chi connectivity index (χ3n) is 16.9. The lowest BCUT2D eigenvalue weighted by atomic mass is 9.67. The molecule has 10 aromatic carbocycles. The molecule has 10 aromatic rings. The zero-order valence-electron chi connectivity index (χ0n) is 41.9. The molecule has 0 radical (unpaired) electrons. The first-order valence-electron chi connectivity index (χ1n) is 26.1. The zero-order chi connectivity index (χ0) is 49.1. The van der Waals surface area contributed by atoms with Crippen LogP contribution in [0.5, 0.6) is 0 Å². The van der Waals surface area contributed by atoms with Gasteiger partial charge in [-0.3, -0.25) is 0 Å². The van der Waals surface area contributed by atoms with Gasteiger partial charge in [-0.05, 0) is 151 Å². The highest BCUT2D eigenvalue weighted by Crippen LogP contribution is 2.62. The SMILES string of the molecule is CC1(C)c2ccccc2-c2ccc(N(C3=CCCC=C3)c3c4c(cc5ccccc35)C(c3ccccc3)(c3ccccc3)c3cc(N(c5ccccc5)c5ccc6c(c5)C(C)(C)c5ccccc5-6)ccc3-4)cc21. The van der Waals surface area contributed by atoms with E-state index in [0.717, 1.165) is 29.9 Å². The molecule has 0 N–H and O–H groups in total. The van der Waals surface area contributed by atoms with Crippen LogP contribution in [0, 0.1) is 0 Å². The van der Waals surface area contributed by atoms with Crippen LogP contribution < -0.4 is 9.80 Å². The molecule has 0 unspecified atom stereocenters. The van der Waals surface area contributed by atoms with E-state index in [1.807, 2.05) is 0 Å². The third-order valence-corrected chi connectivity index (χ3v) is 16.9. The number of para-hydroxylation sites is 1. The lowest BCUT2D eigenvalue weighted by Gasteiger charge is -2.36. The molecular formula is C71H56N2. The average molecular weight is 937 g/mol. The van der Waals surface area contributed by atoms with Crippen molar-refractivity contribution in [3.05, 3.63) is 293 Å². The Morgan fingerprint density at radius 3 is 1.41 bits per heavy atom. The minimum Gasteiger partial charge on any atom is -0.310 e. The molecule has 0 saturated carbocycles. The van der Waals surface area contributed by atoms with Crippen molar-refractivity contribution in [2.45, 2.75) is 56.8 Å². The second-order valence-electron chi connectivity index (χ2n) is 21.5. The van der Waals surface area contributed by atoms with Gasteiger partial charge in [-0.15, -0.1) is 0 Å². The summed E-state index contributed by atoms with van der Waals surface area (Å²) in [5.41, 5.74) is 24.3. The first-order chi connectivity index (χ1) is 35.7. The summed E-state index contributed by atoms with van der Waals surface area (Å²) < 4.78 is 0. The summed E-state index contributed by atoms with van der Waals surface area (Å²) >= 11 is 0. The maximum Gasteiger partial charge on any atom is 0.0715 e. The van der Waals surface area contributed by atoms with Gasteiger partial charge < -0.3 is 9.80 Å². The number of rotatable bonds is 8. The fraction of sp³-hybridized carbons (Fsp3) is 0.127. The van der Waals surface area contributed by atoms with E-state index < -0.39 is 5.41 Å². The molecule has 0 atom stereocenters. The van der Waals surface area contributed by atoms with E-state index in [-0.39, 0.29) is 10.8 Å². The molecule has 0 bridgehead atoms. The maximum absolute atomic E-state index is 2.61. The van der Waals surface area contributed by atoms with Crippen LogP contribution in [0.3, 0.4) is 0 Å². The number of allylic oxidation sites excluding steroid dienone is 3. The number of hydrogen-bond acceptors (Lipinski definition) is 2. The number of nitrogens with zero attached hydrogens (tertiary/aromatic N) is 2. The summed E-state index contributed by atoms with van der Waals surface area (Å²) in [5.74, 6) is 0. The molecule has 2 heteroatoms. The summed E-state index contributed by atoms with van der Waals surface area (Å²) in [6, 6.07) is 84.9. The summed E-state index contributed by atoms with van der Waals surface area (Å²) in [5, 5.41) is 2.44. The van der Waals surface area contributed by atoms with E-state index in [1.165, 1.54) is 106 Å². The molecule has 14 rings (SSSR count). The number of fused-ring (bicyclic) bond motifs is 10. The minimum atomic E-state index is -0.685. The second-order valence-corrected chi connectivity index (χ2v) is 21.5. The van der Waals surface area contributed by atoms with Crippen molar-refractivity contribution in [3.63, 3.8) is 0 Å². The van der Waals surface area contributed by atoms with Gasteiger partial charge in [-0.1, -0.05) is 210 Å². The van der Waals surface area contributed by atoms with Gasteiger partial charge in [0.25, 0.3) is 0 Å². The van der Waals surface area contributed by atoms with Gasteiger partial charge in [0.2, 0.25) is 0 Å². The third kappa shape index (κ3) is 6.29. The second kappa shape index (κ2) is 16.3. The predicted molar refractivity (Wildman–Crippen MR) is 306 cm³/mol. The number of benzene rings is 10. The molecule has 0 aromatic heterocycles. The van der Waals surface area contributed by atoms with Crippen LogP contribution in [-0.2, 0) is 16.2 Å². The van der Waals surface area contributed by atoms with Crippen molar-refractivity contribution in [1.82, 2.24) is 0 Å². The van der Waals surface area contributed by atoms with E-state index in [9.17, 15) is 0 Å². The Bertz CT molecular complexity index is 3870. The van der Waals surface area contributed by atoms with Crippen molar-refractivity contribution in [2.24, 2.45) is 0 Å². The standard InChI is InChI=1S/C71H56N2/c1-69(2)61-35-21-19-33-56(61)58-40-37-52(44-63(58)69)72(50-28-13-7-14-29-50)53-39-42-60-65(46-53)71(48-24-9-5-10-25-48,49-26-11-6-12-27-49)66-43-47-23-17-18-32-55(47)68(67(60)66)73(51-30-15-8-16-31-51)54-38-41-59-57-34-20-22-36-62(57)70(3,4)64(59)45-54/h5-7,9-15,17-46H,8,16H2,1-4H3. The Hall–Kier alpha value is -8.46. The average Bonchev–Trinajstić information content (AvgIpc) is 3.97. The van der Waals surface area contributed by atoms with Crippen LogP contribution in [-0.4, -0.2) is 0 Å². The van der Waals surface area contributed by atoms with E-state index in [4.69, 9.17) is 0 Å². The summed E-state index contributed by atoms with van der Waals surface area (Å²) in [4.78, 5) is 5.09. The molecule has 350 valence electrons. The van der Waals surface area contributed by atoms with Crippen LogP contribution >= 0.6 is 0 Å². The number of hydrogen-bond donors (Lipinski definition) is 0. The maximum atomic E-state index is 2.61. The molecular weight excluding hydrogens is 881 g/mol. The van der Waals surface area contributed by atoms with Gasteiger partial charge in [0.1, 0.15) is 0 Å². The number of anilines is 5. The fourth-order valence-electron chi connectivity index (χ4n) is 13.5. The van der Waals surface area contributed by atoms with Gasteiger partial charge in [-0.25, -0.2) is 0 Å². The molecule has 0 aliphatic heterocycles. The van der Waals surface area contributed by atoms with E-state index in [1.54, 1.807) is 0 Å². The molecule has 0 amide bonds. The highest BCUT2D eigenvalue weighted by Gasteiger charge is 2.49. The van der Waals surface area contributed by atoms with Crippen LogP contribution in [0.4, 0.5) is 28.4 Å². The van der Waals surface area contributed by atoms with Crippen molar-refractivity contribution >= 4 is 39.2 Å². The highest BCUT2D eigenvalue weighted by molar-refractivity contribution is 6.10. The molecule has 0 heterocycles. The van der Waals surface area contributed by atoms with Gasteiger partial charge in [0.05, 0.1) is 11.1 Å². The smallest absolute Gasteiger partial charge is 0.0715 e. The van der Waals surface area contributed by atoms with E-state index in [2.05, 4.69) is 280 Å². The molecule has 0 saturated heterocycles. The Morgan fingerprint density at radius 2 is 0.836 bits per heavy atom. The Morgan fingerprint density at radius 1 is 0.356 bits per heavy atom. The molecule has 0 spiro atoms. The van der Waals surface area contributed by atoms with Gasteiger partial charge in [0.15, 0.2) is 0 Å².